The maximum Gasteiger partial charge on any atom is 0.227 e. The fourth-order valence-electron chi connectivity index (χ4n) is 4.60. The van der Waals surface area contributed by atoms with Gasteiger partial charge in [-0.3, -0.25) is 28.7 Å². The number of aromatic nitrogens is 4. The minimum absolute atomic E-state index is 0.0927. The van der Waals surface area contributed by atoms with Crippen molar-refractivity contribution in [2.45, 2.75) is 27.7 Å². The second-order valence-corrected chi connectivity index (χ2v) is 8.71. The van der Waals surface area contributed by atoms with Crippen LogP contribution in [0.1, 0.15) is 34.6 Å². The lowest BCUT2D eigenvalue weighted by Crippen LogP contribution is -2.04. The first kappa shape index (κ1) is 23.3. The summed E-state index contributed by atoms with van der Waals surface area (Å²) in [5, 5.41) is 2.75. The smallest absolute Gasteiger partial charge is 0.227 e. The fourth-order valence-corrected chi connectivity index (χ4v) is 4.60. The van der Waals surface area contributed by atoms with Crippen LogP contribution in [0.5, 0.6) is 0 Å². The normalized spacial score (nSPS) is 11.3. The number of hydrogen-bond donors (Lipinski definition) is 0. The van der Waals surface area contributed by atoms with Crippen LogP contribution in [0.15, 0.2) is 61.2 Å². The number of hydrogen-bond acceptors (Lipinski definition) is 4. The molecule has 0 fully saturated rings. The molecule has 8 heteroatoms. The van der Waals surface area contributed by atoms with Crippen LogP contribution in [-0.4, -0.2) is 30.9 Å². The van der Waals surface area contributed by atoms with Crippen LogP contribution in [-0.2, 0) is 0 Å². The van der Waals surface area contributed by atoms with Gasteiger partial charge in [-0.1, -0.05) is 18.2 Å². The van der Waals surface area contributed by atoms with Gasteiger partial charge in [-0.15, -0.1) is 0 Å². The number of benzene rings is 2. The molecule has 0 atom stereocenters. The van der Waals surface area contributed by atoms with Gasteiger partial charge in [0.25, 0.3) is 0 Å². The van der Waals surface area contributed by atoms with Crippen molar-refractivity contribution in [3.63, 3.8) is 0 Å². The number of para-hydroxylation sites is 1. The number of pyridine rings is 2. The van der Waals surface area contributed by atoms with Crippen molar-refractivity contribution in [3.8, 4) is 0 Å². The zero-order chi connectivity index (χ0) is 25.7. The molecule has 4 heterocycles. The first-order chi connectivity index (χ1) is 17.2. The number of rotatable bonds is 0. The highest BCUT2D eigenvalue weighted by Gasteiger charge is 2.16. The van der Waals surface area contributed by atoms with Crippen LogP contribution in [0.4, 0.5) is 8.78 Å². The summed E-state index contributed by atoms with van der Waals surface area (Å²) >= 11 is 0. The maximum absolute atomic E-state index is 14.0. The van der Waals surface area contributed by atoms with Gasteiger partial charge in [0.15, 0.2) is 0 Å². The van der Waals surface area contributed by atoms with E-state index in [0.29, 0.717) is 27.3 Å². The zero-order valence-electron chi connectivity index (χ0n) is 20.1. The molecule has 0 aliphatic rings. The number of halogens is 2. The Labute approximate surface area is 204 Å². The summed E-state index contributed by atoms with van der Waals surface area (Å²) in [6, 6.07) is 9.53. The van der Waals surface area contributed by atoms with Crippen LogP contribution >= 0.6 is 0 Å². The van der Waals surface area contributed by atoms with Crippen LogP contribution in [0, 0.1) is 25.5 Å². The number of fused-ring (bicyclic) bond motifs is 6. The molecule has 0 spiro atoms. The molecule has 6 rings (SSSR count). The second kappa shape index (κ2) is 8.64. The molecule has 0 saturated heterocycles. The van der Waals surface area contributed by atoms with Crippen molar-refractivity contribution in [3.05, 3.63) is 83.9 Å². The molecule has 0 aliphatic carbocycles. The van der Waals surface area contributed by atoms with E-state index >= 15 is 0 Å². The van der Waals surface area contributed by atoms with Crippen molar-refractivity contribution in [1.29, 1.82) is 0 Å². The Balaban J connectivity index is 0.000000148. The van der Waals surface area contributed by atoms with Crippen molar-refractivity contribution < 1.29 is 18.4 Å². The monoisotopic (exact) mass is 484 g/mol. The highest BCUT2D eigenvalue weighted by atomic mass is 19.1. The van der Waals surface area contributed by atoms with Crippen molar-refractivity contribution >= 4 is 55.4 Å². The van der Waals surface area contributed by atoms with E-state index in [-0.39, 0.29) is 23.4 Å². The van der Waals surface area contributed by atoms with E-state index in [0.717, 1.165) is 27.4 Å². The van der Waals surface area contributed by atoms with E-state index in [1.165, 1.54) is 30.5 Å². The van der Waals surface area contributed by atoms with Gasteiger partial charge in [0.05, 0.1) is 21.9 Å². The predicted molar refractivity (Wildman–Crippen MR) is 136 cm³/mol. The Morgan fingerprint density at radius 2 is 1.28 bits per heavy atom. The summed E-state index contributed by atoms with van der Waals surface area (Å²) in [5.41, 5.74) is 4.05. The largest absolute Gasteiger partial charge is 0.286 e. The highest BCUT2D eigenvalue weighted by molar-refractivity contribution is 6.09. The summed E-state index contributed by atoms with van der Waals surface area (Å²) in [4.78, 5) is 31.7. The Morgan fingerprint density at radius 1 is 0.722 bits per heavy atom. The average Bonchev–Trinajstić information content (AvgIpc) is 3.37. The third-order valence-corrected chi connectivity index (χ3v) is 6.29. The molecule has 36 heavy (non-hydrogen) atoms. The lowest BCUT2D eigenvalue weighted by atomic mass is 10.1. The first-order valence-electron chi connectivity index (χ1n) is 11.3. The Morgan fingerprint density at radius 3 is 1.94 bits per heavy atom. The molecule has 4 aromatic heterocycles. The topological polar surface area (TPSA) is 69.8 Å². The molecule has 180 valence electrons. The summed E-state index contributed by atoms with van der Waals surface area (Å²) in [5.74, 6) is -0.955. The predicted octanol–water partition coefficient (Wildman–Crippen LogP) is 6.59. The number of aryl methyl sites for hydroxylation is 2. The van der Waals surface area contributed by atoms with Gasteiger partial charge < -0.3 is 0 Å². The van der Waals surface area contributed by atoms with Gasteiger partial charge >= 0.3 is 0 Å². The minimum atomic E-state index is -0.372. The molecule has 0 N–H and O–H groups in total. The van der Waals surface area contributed by atoms with E-state index in [4.69, 9.17) is 0 Å². The maximum atomic E-state index is 14.0. The highest BCUT2D eigenvalue weighted by Crippen LogP contribution is 2.30. The molecule has 0 aliphatic heterocycles. The summed E-state index contributed by atoms with van der Waals surface area (Å²) < 4.78 is 30.7. The molecule has 0 radical (unpaired) electrons. The van der Waals surface area contributed by atoms with E-state index in [1.54, 1.807) is 53.6 Å². The van der Waals surface area contributed by atoms with Crippen LogP contribution in [0.3, 0.4) is 0 Å². The number of nitrogens with zero attached hydrogens (tertiary/aromatic N) is 4. The molecule has 0 amide bonds. The number of carbonyl (C=O) groups excluding carboxylic acids is 2. The first-order valence-corrected chi connectivity index (χ1v) is 11.3. The van der Waals surface area contributed by atoms with Crippen LogP contribution in [0.25, 0.3) is 43.6 Å². The van der Waals surface area contributed by atoms with E-state index < -0.39 is 0 Å². The zero-order valence-corrected chi connectivity index (χ0v) is 20.1. The van der Waals surface area contributed by atoms with E-state index in [1.807, 2.05) is 13.8 Å². The van der Waals surface area contributed by atoms with Gasteiger partial charge in [0.1, 0.15) is 17.2 Å². The van der Waals surface area contributed by atoms with Gasteiger partial charge in [0, 0.05) is 54.8 Å². The van der Waals surface area contributed by atoms with Crippen molar-refractivity contribution in [1.82, 2.24) is 19.1 Å². The summed E-state index contributed by atoms with van der Waals surface area (Å²) in [6.45, 7) is 6.75. The molecule has 6 aromatic rings. The minimum Gasteiger partial charge on any atom is -0.286 e. The number of carbonyl (C=O) groups is 2. The molecular formula is C28H22F2N4O2. The van der Waals surface area contributed by atoms with E-state index in [2.05, 4.69) is 9.97 Å². The Hall–Kier alpha value is -4.46. The molecule has 0 saturated carbocycles. The van der Waals surface area contributed by atoms with Gasteiger partial charge in [-0.05, 0) is 43.2 Å². The molecule has 6 nitrogen and oxygen atoms in total. The standard InChI is InChI=1S/2C14H11FN2O/c1-8-7-17(9(2)18)14-10(8)6-16-12-5-3-4-11(15)13(12)14;1-8-7-17(9(2)18)14-10-4-3-5-12(15)13(10)16-6-11(8)14/h2*3-7H,1-2H3. The van der Waals surface area contributed by atoms with E-state index in [9.17, 15) is 18.4 Å². The Kier molecular flexibility index (Phi) is 5.59. The third kappa shape index (κ3) is 3.62. The fraction of sp³-hybridized carbons (Fsp3) is 0.143. The van der Waals surface area contributed by atoms with Gasteiger partial charge in [0.2, 0.25) is 11.8 Å². The Bertz CT molecular complexity index is 1850. The summed E-state index contributed by atoms with van der Waals surface area (Å²) in [7, 11) is 0. The quantitative estimate of drug-likeness (QED) is 0.244. The third-order valence-electron chi connectivity index (χ3n) is 6.29. The molecule has 0 bridgehead atoms. The summed E-state index contributed by atoms with van der Waals surface area (Å²) in [6.07, 6.45) is 6.79. The van der Waals surface area contributed by atoms with Gasteiger partial charge in [-0.25, -0.2) is 8.78 Å². The SMILES string of the molecule is CC(=O)n1cc(C)c2cnc3c(F)cccc3c21.CC(=O)n1cc(C)c2cnc3cccc(F)c3c21. The second-order valence-electron chi connectivity index (χ2n) is 8.71. The molecule has 2 aromatic carbocycles. The van der Waals surface area contributed by atoms with Crippen LogP contribution in [0.2, 0.25) is 0 Å². The van der Waals surface area contributed by atoms with Crippen LogP contribution < -0.4 is 0 Å². The van der Waals surface area contributed by atoms with Crippen molar-refractivity contribution in [2.24, 2.45) is 0 Å². The van der Waals surface area contributed by atoms with Crippen molar-refractivity contribution in [2.75, 3.05) is 0 Å². The molecular weight excluding hydrogens is 462 g/mol. The average molecular weight is 485 g/mol. The lowest BCUT2D eigenvalue weighted by molar-refractivity contribution is 0.0933. The lowest BCUT2D eigenvalue weighted by Gasteiger charge is -2.04. The molecule has 0 unspecified atom stereocenters. The van der Waals surface area contributed by atoms with Gasteiger partial charge in [-0.2, -0.15) is 0 Å².